The minimum Gasteiger partial charge on any atom is -0.311 e. The van der Waals surface area contributed by atoms with Crippen LogP contribution in [0.3, 0.4) is 0 Å². The highest BCUT2D eigenvalue weighted by Crippen LogP contribution is 2.47. The van der Waals surface area contributed by atoms with E-state index >= 15 is 0 Å². The summed E-state index contributed by atoms with van der Waals surface area (Å²) in [7, 11) is 0. The monoisotopic (exact) mass is 787 g/mol. The summed E-state index contributed by atoms with van der Waals surface area (Å²) in [6.07, 6.45) is 0. The van der Waals surface area contributed by atoms with Gasteiger partial charge < -0.3 is 14.4 Å². The minimum absolute atomic E-state index is 0.0413. The summed E-state index contributed by atoms with van der Waals surface area (Å²) in [5.74, 6) is 0. The molecule has 2 aliphatic rings. The number of para-hydroxylation sites is 6. The van der Waals surface area contributed by atoms with Crippen LogP contribution in [0.2, 0.25) is 0 Å². The second kappa shape index (κ2) is 14.0. The van der Waals surface area contributed by atoms with Gasteiger partial charge in [-0.3, -0.25) is 0 Å². The van der Waals surface area contributed by atoms with E-state index in [4.69, 9.17) is 0 Å². The van der Waals surface area contributed by atoms with E-state index < -0.39 is 0 Å². The molecule has 10 aromatic rings. The molecule has 6 heteroatoms. The van der Waals surface area contributed by atoms with Crippen LogP contribution >= 0.6 is 0 Å². The van der Waals surface area contributed by atoms with E-state index in [-0.39, 0.29) is 6.71 Å². The Labute approximate surface area is 359 Å². The van der Waals surface area contributed by atoms with Crippen LogP contribution in [0.5, 0.6) is 0 Å². The summed E-state index contributed by atoms with van der Waals surface area (Å²) in [6, 6.07) is 77.6. The average molecular weight is 788 g/mol. The standard InChI is InChI=1S/C56H34BN5/c58-35-37-27-29-43(40(31-37)36-59)44-19-7-11-23-49(44)62-50-24-12-8-20-45(50)46-32-38(28-30-51(46)62)39-33-54-56-55(34-39)61(42-17-5-2-6-18-42)53-26-14-10-22-48(53)57(56)47-21-9-13-25-52(47)60(54)41-15-3-1-4-16-41/h1-34H. The highest BCUT2D eigenvalue weighted by atomic mass is 15.2. The molecule has 1 aromatic heterocycles. The van der Waals surface area contributed by atoms with Gasteiger partial charge in [0.15, 0.2) is 0 Å². The van der Waals surface area contributed by atoms with Crippen LogP contribution in [0.4, 0.5) is 34.1 Å². The molecular weight excluding hydrogens is 753 g/mol. The molecule has 0 amide bonds. The predicted molar refractivity (Wildman–Crippen MR) is 255 cm³/mol. The summed E-state index contributed by atoms with van der Waals surface area (Å²) in [5.41, 5.74) is 18.8. The molecule has 62 heavy (non-hydrogen) atoms. The summed E-state index contributed by atoms with van der Waals surface area (Å²) < 4.78 is 2.31. The van der Waals surface area contributed by atoms with E-state index in [0.717, 1.165) is 72.5 Å². The molecule has 0 unspecified atom stereocenters. The normalized spacial score (nSPS) is 12.4. The first kappa shape index (κ1) is 35.4. The van der Waals surface area contributed by atoms with Crippen molar-refractivity contribution in [2.75, 3.05) is 9.80 Å². The summed E-state index contributed by atoms with van der Waals surface area (Å²) >= 11 is 0. The second-order valence-electron chi connectivity index (χ2n) is 15.9. The number of hydrogen-bond donors (Lipinski definition) is 0. The van der Waals surface area contributed by atoms with Gasteiger partial charge in [-0.1, -0.05) is 121 Å². The maximum atomic E-state index is 10.2. The zero-order chi connectivity index (χ0) is 41.3. The van der Waals surface area contributed by atoms with Crippen molar-refractivity contribution >= 4 is 79.0 Å². The Morgan fingerprint density at radius 2 is 0.952 bits per heavy atom. The Morgan fingerprint density at radius 3 is 1.60 bits per heavy atom. The zero-order valence-electron chi connectivity index (χ0n) is 33.4. The Balaban J connectivity index is 1.12. The second-order valence-corrected chi connectivity index (χ2v) is 15.9. The van der Waals surface area contributed by atoms with Crippen LogP contribution in [0, 0.1) is 22.7 Å². The molecule has 0 N–H and O–H groups in total. The van der Waals surface area contributed by atoms with E-state index in [1.54, 1.807) is 12.1 Å². The van der Waals surface area contributed by atoms with Gasteiger partial charge in [0.05, 0.1) is 40.0 Å². The average Bonchev–Trinajstić information content (AvgIpc) is 3.67. The molecule has 0 aliphatic carbocycles. The minimum atomic E-state index is 0.0413. The number of nitriles is 2. The predicted octanol–water partition coefficient (Wildman–Crippen LogP) is 11.9. The van der Waals surface area contributed by atoms with Crippen molar-refractivity contribution in [1.29, 1.82) is 10.5 Å². The number of benzene rings is 9. The first-order valence-corrected chi connectivity index (χ1v) is 20.8. The lowest BCUT2D eigenvalue weighted by molar-refractivity contribution is 1.18. The topological polar surface area (TPSA) is 59.0 Å². The Morgan fingerprint density at radius 1 is 0.387 bits per heavy atom. The summed E-state index contributed by atoms with van der Waals surface area (Å²) in [5, 5.41) is 22.1. The third-order valence-corrected chi connectivity index (χ3v) is 12.6. The lowest BCUT2D eigenvalue weighted by atomic mass is 9.33. The van der Waals surface area contributed by atoms with Gasteiger partial charge in [0.1, 0.15) is 0 Å². The molecule has 12 rings (SSSR count). The molecule has 5 nitrogen and oxygen atoms in total. The molecule has 9 aromatic carbocycles. The van der Waals surface area contributed by atoms with Crippen molar-refractivity contribution in [2.24, 2.45) is 0 Å². The Kier molecular flexibility index (Phi) is 8.00. The molecule has 0 saturated heterocycles. The fourth-order valence-electron chi connectivity index (χ4n) is 10.0. The first-order valence-electron chi connectivity index (χ1n) is 20.8. The first-order chi connectivity index (χ1) is 30.7. The molecule has 0 atom stereocenters. The van der Waals surface area contributed by atoms with Crippen LogP contribution < -0.4 is 26.2 Å². The maximum absolute atomic E-state index is 10.2. The lowest BCUT2D eigenvalue weighted by Crippen LogP contribution is -2.61. The fourth-order valence-corrected chi connectivity index (χ4v) is 10.0. The molecular formula is C56H34BN5. The van der Waals surface area contributed by atoms with Crippen molar-refractivity contribution in [3.8, 4) is 40.1 Å². The van der Waals surface area contributed by atoms with Gasteiger partial charge in [0.2, 0.25) is 0 Å². The molecule has 0 spiro atoms. The Bertz CT molecular complexity index is 3410. The molecule has 2 aliphatic heterocycles. The van der Waals surface area contributed by atoms with Crippen LogP contribution in [0.1, 0.15) is 11.1 Å². The molecule has 286 valence electrons. The van der Waals surface area contributed by atoms with Crippen molar-refractivity contribution in [2.45, 2.75) is 0 Å². The van der Waals surface area contributed by atoms with E-state index in [9.17, 15) is 10.5 Å². The SMILES string of the molecule is N#Cc1ccc(-c2ccccc2-n2c3ccccc3c3cc(-c4cc5c6c(c4)N(c4ccccc4)c4ccccc4B6c4ccccc4N5c4ccccc4)ccc32)c(C#N)c1. The fraction of sp³-hybridized carbons (Fsp3) is 0. The van der Waals surface area contributed by atoms with Gasteiger partial charge in [0.25, 0.3) is 6.71 Å². The summed E-state index contributed by atoms with van der Waals surface area (Å²) in [4.78, 5) is 4.90. The third-order valence-electron chi connectivity index (χ3n) is 12.6. The quantitative estimate of drug-likeness (QED) is 0.163. The third kappa shape index (κ3) is 5.28. The van der Waals surface area contributed by atoms with E-state index in [0.29, 0.717) is 11.1 Å². The lowest BCUT2D eigenvalue weighted by Gasteiger charge is -2.44. The van der Waals surface area contributed by atoms with Gasteiger partial charge in [-0.25, -0.2) is 0 Å². The molecule has 3 heterocycles. The zero-order valence-corrected chi connectivity index (χ0v) is 33.4. The van der Waals surface area contributed by atoms with Crippen molar-refractivity contribution in [3.05, 3.63) is 217 Å². The van der Waals surface area contributed by atoms with Crippen LogP contribution in [-0.4, -0.2) is 11.3 Å². The molecule has 0 bridgehead atoms. The van der Waals surface area contributed by atoms with Gasteiger partial charge in [-0.15, -0.1) is 0 Å². The molecule has 0 radical (unpaired) electrons. The van der Waals surface area contributed by atoms with Crippen LogP contribution in [-0.2, 0) is 0 Å². The highest BCUT2D eigenvalue weighted by molar-refractivity contribution is 7.00. The van der Waals surface area contributed by atoms with Crippen molar-refractivity contribution in [3.63, 3.8) is 0 Å². The van der Waals surface area contributed by atoms with Crippen molar-refractivity contribution in [1.82, 2.24) is 4.57 Å². The van der Waals surface area contributed by atoms with Crippen LogP contribution in [0.15, 0.2) is 206 Å². The summed E-state index contributed by atoms with van der Waals surface area (Å²) in [6.45, 7) is 0.0413. The number of rotatable bonds is 5. The van der Waals surface area contributed by atoms with Crippen LogP contribution in [0.25, 0.3) is 49.7 Å². The Hall–Kier alpha value is -8.58. The number of hydrogen-bond acceptors (Lipinski definition) is 4. The van der Waals surface area contributed by atoms with Gasteiger partial charge >= 0.3 is 0 Å². The maximum Gasteiger partial charge on any atom is 0.252 e. The van der Waals surface area contributed by atoms with Gasteiger partial charge in [-0.05, 0) is 112 Å². The molecule has 0 fully saturated rings. The van der Waals surface area contributed by atoms with Gasteiger partial charge in [-0.2, -0.15) is 10.5 Å². The van der Waals surface area contributed by atoms with Crippen molar-refractivity contribution < 1.29 is 0 Å². The number of fused-ring (bicyclic) bond motifs is 7. The van der Waals surface area contributed by atoms with Gasteiger partial charge in [0, 0.05) is 56.0 Å². The highest BCUT2D eigenvalue weighted by Gasteiger charge is 2.43. The largest absolute Gasteiger partial charge is 0.311 e. The molecule has 0 saturated carbocycles. The number of anilines is 6. The van der Waals surface area contributed by atoms with E-state index in [1.807, 2.05) is 18.2 Å². The number of nitrogens with zero attached hydrogens (tertiary/aromatic N) is 5. The van der Waals surface area contributed by atoms with E-state index in [1.165, 1.54) is 27.8 Å². The number of aromatic nitrogens is 1. The smallest absolute Gasteiger partial charge is 0.252 e. The van der Waals surface area contributed by atoms with E-state index in [2.05, 4.69) is 202 Å².